The topological polar surface area (TPSA) is 89.0 Å². The molecule has 8 nitrogen and oxygen atoms in total. The molecule has 0 spiro atoms. The van der Waals surface area contributed by atoms with Crippen molar-refractivity contribution >= 4 is 49.9 Å². The summed E-state index contributed by atoms with van der Waals surface area (Å²) in [6, 6.07) is 5.18. The third-order valence-corrected chi connectivity index (χ3v) is 7.82. The number of hydrogen-bond donors (Lipinski definition) is 2. The Hall–Kier alpha value is -2.17. The Labute approximate surface area is 206 Å². The lowest BCUT2D eigenvalue weighted by Crippen LogP contribution is -2.51. The zero-order valence-electron chi connectivity index (χ0n) is 19.0. The van der Waals surface area contributed by atoms with E-state index in [2.05, 4.69) is 36.0 Å². The molecule has 0 unspecified atom stereocenters. The zero-order chi connectivity index (χ0) is 23.5. The van der Waals surface area contributed by atoms with Gasteiger partial charge in [-0.25, -0.2) is 4.98 Å². The van der Waals surface area contributed by atoms with Gasteiger partial charge >= 0.3 is 0 Å². The van der Waals surface area contributed by atoms with Crippen LogP contribution in [0.25, 0.3) is 0 Å². The number of rotatable bonds is 6. The second-order valence-corrected chi connectivity index (χ2v) is 11.3. The Balaban J connectivity index is 1.24. The third kappa shape index (κ3) is 5.85. The molecule has 10 heteroatoms. The number of aromatic hydroxyl groups is 1. The molecule has 1 aromatic heterocycles. The predicted molar refractivity (Wildman–Crippen MR) is 134 cm³/mol. The number of phenols is 1. The Bertz CT molecular complexity index is 1010. The molecule has 1 atom stereocenters. The van der Waals surface area contributed by atoms with Crippen molar-refractivity contribution in [2.24, 2.45) is 5.92 Å². The Morgan fingerprint density at radius 3 is 2.67 bits per heavy atom. The van der Waals surface area contributed by atoms with Gasteiger partial charge in [-0.2, -0.15) is 0 Å². The number of amides is 2. The van der Waals surface area contributed by atoms with Crippen LogP contribution < -0.4 is 10.2 Å². The largest absolute Gasteiger partial charge is 0.508 e. The van der Waals surface area contributed by atoms with Gasteiger partial charge in [0, 0.05) is 38.4 Å². The van der Waals surface area contributed by atoms with E-state index in [9.17, 15) is 14.7 Å². The van der Waals surface area contributed by atoms with Gasteiger partial charge in [0.2, 0.25) is 11.8 Å². The lowest BCUT2D eigenvalue weighted by Gasteiger charge is -2.35. The smallest absolute Gasteiger partial charge is 0.236 e. The molecule has 0 bridgehead atoms. The van der Waals surface area contributed by atoms with E-state index in [1.165, 1.54) is 0 Å². The lowest BCUT2D eigenvalue weighted by molar-refractivity contribution is -0.132. The number of piperazine rings is 1. The van der Waals surface area contributed by atoms with Crippen LogP contribution in [0, 0.1) is 5.92 Å². The van der Waals surface area contributed by atoms with Crippen LogP contribution in [0.15, 0.2) is 28.2 Å². The summed E-state index contributed by atoms with van der Waals surface area (Å²) < 4.78 is 1.01. The molecule has 2 N–H and O–H groups in total. The highest BCUT2D eigenvalue weighted by atomic mass is 79.9. The van der Waals surface area contributed by atoms with Crippen LogP contribution in [0.2, 0.25) is 0 Å². The standard InChI is InChI=1S/C23H30BrN5O3S/c1-15(2)18-11-17(3-4-19(18)30)26-22(32)16-5-6-27(13-16)14-21(31)28-7-9-29(10-8-28)23-25-12-20(24)33-23/h3-4,11-12,15-16,30H,5-10,13-14H2,1-2H3,(H,26,32)/t16-/m1/s1. The van der Waals surface area contributed by atoms with Crippen LogP contribution >= 0.6 is 27.3 Å². The fourth-order valence-corrected chi connectivity index (χ4v) is 5.59. The van der Waals surface area contributed by atoms with Gasteiger partial charge in [0.25, 0.3) is 0 Å². The Kier molecular flexibility index (Phi) is 7.55. The first kappa shape index (κ1) is 24.0. The van der Waals surface area contributed by atoms with Crippen LogP contribution in [0.4, 0.5) is 10.8 Å². The van der Waals surface area contributed by atoms with E-state index in [1.807, 2.05) is 31.0 Å². The molecule has 33 heavy (non-hydrogen) atoms. The maximum atomic E-state index is 12.8. The average molecular weight is 536 g/mol. The molecule has 4 rings (SSSR count). The number of nitrogens with zero attached hydrogens (tertiary/aromatic N) is 4. The molecular weight excluding hydrogens is 506 g/mol. The average Bonchev–Trinajstić information content (AvgIpc) is 3.44. The second kappa shape index (κ2) is 10.4. The van der Waals surface area contributed by atoms with Crippen LogP contribution in [-0.4, -0.2) is 77.5 Å². The minimum absolute atomic E-state index is 0.0337. The molecule has 2 amide bonds. The molecule has 2 saturated heterocycles. The highest BCUT2D eigenvalue weighted by molar-refractivity contribution is 9.11. The van der Waals surface area contributed by atoms with Crippen molar-refractivity contribution in [3.05, 3.63) is 33.7 Å². The fourth-order valence-electron chi connectivity index (χ4n) is 4.36. The first-order chi connectivity index (χ1) is 15.8. The molecule has 0 aliphatic carbocycles. The number of benzene rings is 1. The van der Waals surface area contributed by atoms with Crippen molar-refractivity contribution in [3.63, 3.8) is 0 Å². The van der Waals surface area contributed by atoms with Gasteiger partial charge in [0.15, 0.2) is 5.13 Å². The normalized spacial score (nSPS) is 19.3. The van der Waals surface area contributed by atoms with Gasteiger partial charge < -0.3 is 20.2 Å². The number of carbonyl (C=O) groups is 2. The SMILES string of the molecule is CC(C)c1cc(NC(=O)[C@@H]2CCN(CC(=O)N3CCN(c4ncc(Br)s4)CC3)C2)ccc1O. The second-order valence-electron chi connectivity index (χ2n) is 8.95. The van der Waals surface area contributed by atoms with Crippen molar-refractivity contribution in [2.45, 2.75) is 26.2 Å². The molecule has 178 valence electrons. The summed E-state index contributed by atoms with van der Waals surface area (Å²) in [5.41, 5.74) is 1.51. The number of anilines is 2. The van der Waals surface area contributed by atoms with Gasteiger partial charge in [-0.3, -0.25) is 14.5 Å². The van der Waals surface area contributed by atoms with Crippen molar-refractivity contribution in [2.75, 3.05) is 56.0 Å². The molecule has 2 aliphatic rings. The molecule has 3 heterocycles. The summed E-state index contributed by atoms with van der Waals surface area (Å²) in [5.74, 6) is 0.355. The molecule has 2 aliphatic heterocycles. The Morgan fingerprint density at radius 1 is 1.24 bits per heavy atom. The van der Waals surface area contributed by atoms with E-state index in [-0.39, 0.29) is 29.4 Å². The number of carbonyl (C=O) groups excluding carboxylic acids is 2. The number of likely N-dealkylation sites (tertiary alicyclic amines) is 1. The maximum absolute atomic E-state index is 12.8. The monoisotopic (exact) mass is 535 g/mol. The zero-order valence-corrected chi connectivity index (χ0v) is 21.4. The van der Waals surface area contributed by atoms with Gasteiger partial charge in [-0.1, -0.05) is 25.2 Å². The number of aromatic nitrogens is 1. The molecule has 1 aromatic carbocycles. The molecular formula is C23H30BrN5O3S. The number of thiazole rings is 1. The van der Waals surface area contributed by atoms with Crippen molar-refractivity contribution in [3.8, 4) is 5.75 Å². The summed E-state index contributed by atoms with van der Waals surface area (Å²) >= 11 is 5.05. The van der Waals surface area contributed by atoms with Gasteiger partial charge in [0.05, 0.1) is 22.4 Å². The van der Waals surface area contributed by atoms with Gasteiger partial charge in [0.1, 0.15) is 5.75 Å². The van der Waals surface area contributed by atoms with E-state index in [4.69, 9.17) is 0 Å². The van der Waals surface area contributed by atoms with Crippen molar-refractivity contribution in [1.82, 2.24) is 14.8 Å². The number of phenolic OH excluding ortho intramolecular Hbond substituents is 1. The van der Waals surface area contributed by atoms with Crippen LogP contribution in [-0.2, 0) is 9.59 Å². The van der Waals surface area contributed by atoms with Crippen LogP contribution in [0.5, 0.6) is 5.75 Å². The molecule has 0 saturated carbocycles. The minimum atomic E-state index is -0.144. The quantitative estimate of drug-likeness (QED) is 0.551. The summed E-state index contributed by atoms with van der Waals surface area (Å²) in [5, 5.41) is 14.0. The molecule has 0 radical (unpaired) electrons. The summed E-state index contributed by atoms with van der Waals surface area (Å²) in [7, 11) is 0. The molecule has 2 aromatic rings. The van der Waals surface area contributed by atoms with E-state index in [1.54, 1.807) is 23.5 Å². The van der Waals surface area contributed by atoms with Gasteiger partial charge in [-0.15, -0.1) is 0 Å². The lowest BCUT2D eigenvalue weighted by atomic mass is 10.0. The predicted octanol–water partition coefficient (Wildman–Crippen LogP) is 3.34. The van der Waals surface area contributed by atoms with E-state index < -0.39 is 0 Å². The maximum Gasteiger partial charge on any atom is 0.236 e. The summed E-state index contributed by atoms with van der Waals surface area (Å²) in [6.07, 6.45) is 2.54. The summed E-state index contributed by atoms with van der Waals surface area (Å²) in [4.78, 5) is 36.2. The summed E-state index contributed by atoms with van der Waals surface area (Å²) in [6.45, 7) is 8.62. The van der Waals surface area contributed by atoms with E-state index >= 15 is 0 Å². The highest BCUT2D eigenvalue weighted by Crippen LogP contribution is 2.29. The first-order valence-corrected chi connectivity index (χ1v) is 12.9. The van der Waals surface area contributed by atoms with Gasteiger partial charge in [-0.05, 0) is 58.6 Å². The van der Waals surface area contributed by atoms with Crippen molar-refractivity contribution in [1.29, 1.82) is 0 Å². The number of nitrogens with one attached hydrogen (secondary N) is 1. The first-order valence-electron chi connectivity index (χ1n) is 11.3. The van der Waals surface area contributed by atoms with E-state index in [0.29, 0.717) is 31.9 Å². The molecule has 2 fully saturated rings. The van der Waals surface area contributed by atoms with E-state index in [0.717, 1.165) is 40.5 Å². The van der Waals surface area contributed by atoms with Crippen molar-refractivity contribution < 1.29 is 14.7 Å². The Morgan fingerprint density at radius 2 is 2.00 bits per heavy atom. The third-order valence-electron chi connectivity index (χ3n) is 6.29. The number of hydrogen-bond acceptors (Lipinski definition) is 7. The van der Waals surface area contributed by atoms with Crippen LogP contribution in [0.1, 0.15) is 31.7 Å². The number of halogens is 1. The highest BCUT2D eigenvalue weighted by Gasteiger charge is 2.31. The van der Waals surface area contributed by atoms with Crippen LogP contribution in [0.3, 0.4) is 0 Å². The minimum Gasteiger partial charge on any atom is -0.508 e. The fraction of sp³-hybridized carbons (Fsp3) is 0.522.